The summed E-state index contributed by atoms with van der Waals surface area (Å²) in [5.41, 5.74) is 0. The number of thiophene rings is 1. The smallest absolute Gasteiger partial charge is 0.158 e. The number of halogens is 1. The number of benzene rings is 1. The normalized spacial score (nSPS) is 10.7. The van der Waals surface area contributed by atoms with Crippen LogP contribution in [0.2, 0.25) is 0 Å². The van der Waals surface area contributed by atoms with E-state index in [4.69, 9.17) is 4.74 Å². The second kappa shape index (κ2) is 3.20. The molecule has 2 aromatic rings. The minimum absolute atomic E-state index is 0.275. The summed E-state index contributed by atoms with van der Waals surface area (Å²) in [6, 6.07) is 3.65. The first-order valence-corrected chi connectivity index (χ1v) is 4.99. The Labute approximate surface area is 84.6 Å². The van der Waals surface area contributed by atoms with Crippen LogP contribution in [0.5, 0.6) is 5.75 Å². The summed E-state index contributed by atoms with van der Waals surface area (Å²) in [4.78, 5) is 0.275. The number of rotatable bonds is 1. The van der Waals surface area contributed by atoms with Crippen molar-refractivity contribution in [1.29, 1.82) is 0 Å². The molecule has 0 aliphatic heterocycles. The van der Waals surface area contributed by atoms with Crippen molar-refractivity contribution in [1.82, 2.24) is 0 Å². The predicted molar refractivity (Wildman–Crippen MR) is 55.6 cm³/mol. The number of fused-ring (bicyclic) bond motifs is 1. The SMILES string of the molecule is COc1cc2ccsc2c(F)c1S. The van der Waals surface area contributed by atoms with Gasteiger partial charge in [0.15, 0.2) is 5.82 Å². The van der Waals surface area contributed by atoms with Crippen molar-refractivity contribution >= 4 is 34.1 Å². The molecule has 4 heteroatoms. The quantitative estimate of drug-likeness (QED) is 0.716. The van der Waals surface area contributed by atoms with Gasteiger partial charge in [0.25, 0.3) is 0 Å². The number of hydrogen-bond acceptors (Lipinski definition) is 3. The van der Waals surface area contributed by atoms with Gasteiger partial charge in [-0.3, -0.25) is 0 Å². The van der Waals surface area contributed by atoms with Crippen molar-refractivity contribution in [3.63, 3.8) is 0 Å². The second-order valence-electron chi connectivity index (χ2n) is 2.58. The maximum absolute atomic E-state index is 13.5. The van der Waals surface area contributed by atoms with Crippen LogP contribution in [-0.4, -0.2) is 7.11 Å². The first-order chi connectivity index (χ1) is 6.24. The van der Waals surface area contributed by atoms with Crippen LogP contribution in [0.1, 0.15) is 0 Å². The Morgan fingerprint density at radius 2 is 2.31 bits per heavy atom. The van der Waals surface area contributed by atoms with Crippen LogP contribution in [0.4, 0.5) is 4.39 Å². The fourth-order valence-corrected chi connectivity index (χ4v) is 2.35. The lowest BCUT2D eigenvalue weighted by atomic mass is 10.2. The monoisotopic (exact) mass is 214 g/mol. The van der Waals surface area contributed by atoms with Gasteiger partial charge in [-0.1, -0.05) is 0 Å². The standard InChI is InChI=1S/C9H7FOS2/c1-11-6-4-5-2-3-13-9(5)7(10)8(6)12/h2-4,12H,1H3. The lowest BCUT2D eigenvalue weighted by Crippen LogP contribution is -1.87. The highest BCUT2D eigenvalue weighted by molar-refractivity contribution is 7.80. The maximum atomic E-state index is 13.5. The summed E-state index contributed by atoms with van der Waals surface area (Å²) >= 11 is 5.42. The van der Waals surface area contributed by atoms with Gasteiger partial charge in [0.1, 0.15) is 5.75 Å². The Kier molecular flexibility index (Phi) is 2.17. The zero-order chi connectivity index (χ0) is 9.42. The number of methoxy groups -OCH3 is 1. The largest absolute Gasteiger partial charge is 0.495 e. The van der Waals surface area contributed by atoms with Crippen LogP contribution in [0, 0.1) is 5.82 Å². The number of ether oxygens (including phenoxy) is 1. The summed E-state index contributed by atoms with van der Waals surface area (Å²) in [5, 5.41) is 2.71. The zero-order valence-electron chi connectivity index (χ0n) is 6.87. The molecule has 1 aromatic heterocycles. The molecule has 0 amide bonds. The molecule has 2 rings (SSSR count). The molecule has 0 atom stereocenters. The van der Waals surface area contributed by atoms with E-state index in [9.17, 15) is 4.39 Å². The van der Waals surface area contributed by atoms with Crippen LogP contribution in [0.3, 0.4) is 0 Å². The van der Waals surface area contributed by atoms with Gasteiger partial charge in [-0.15, -0.1) is 24.0 Å². The van der Waals surface area contributed by atoms with Gasteiger partial charge in [-0.05, 0) is 22.9 Å². The van der Waals surface area contributed by atoms with E-state index < -0.39 is 0 Å². The first kappa shape index (κ1) is 8.84. The third-order valence-corrected chi connectivity index (χ3v) is 3.18. The zero-order valence-corrected chi connectivity index (χ0v) is 8.58. The Balaban J connectivity index is 2.83. The van der Waals surface area contributed by atoms with E-state index in [0.29, 0.717) is 10.4 Å². The molecule has 0 radical (unpaired) electrons. The molecule has 0 saturated heterocycles. The molecule has 13 heavy (non-hydrogen) atoms. The lowest BCUT2D eigenvalue weighted by molar-refractivity contribution is 0.399. The molecule has 0 unspecified atom stereocenters. The van der Waals surface area contributed by atoms with Crippen LogP contribution < -0.4 is 4.74 Å². The third-order valence-electron chi connectivity index (χ3n) is 1.84. The van der Waals surface area contributed by atoms with Gasteiger partial charge in [0.2, 0.25) is 0 Å². The van der Waals surface area contributed by atoms with E-state index >= 15 is 0 Å². The van der Waals surface area contributed by atoms with Crippen LogP contribution in [0.15, 0.2) is 22.4 Å². The van der Waals surface area contributed by atoms with Crippen LogP contribution in [0.25, 0.3) is 10.1 Å². The van der Waals surface area contributed by atoms with Gasteiger partial charge in [-0.25, -0.2) is 4.39 Å². The van der Waals surface area contributed by atoms with E-state index in [1.165, 1.54) is 18.4 Å². The average Bonchev–Trinajstić information content (AvgIpc) is 2.59. The average molecular weight is 214 g/mol. The molecule has 0 bridgehead atoms. The topological polar surface area (TPSA) is 9.23 Å². The summed E-state index contributed by atoms with van der Waals surface area (Å²) < 4.78 is 19.2. The lowest BCUT2D eigenvalue weighted by Gasteiger charge is -2.04. The van der Waals surface area contributed by atoms with Crippen LogP contribution in [-0.2, 0) is 0 Å². The van der Waals surface area contributed by atoms with E-state index in [0.717, 1.165) is 5.39 Å². The molecular formula is C9H7FOS2. The summed E-state index contributed by atoms with van der Waals surface area (Å²) in [6.07, 6.45) is 0. The van der Waals surface area contributed by atoms with Gasteiger partial charge in [-0.2, -0.15) is 0 Å². The number of hydrogen-bond donors (Lipinski definition) is 1. The molecule has 1 aromatic carbocycles. The highest BCUT2D eigenvalue weighted by Crippen LogP contribution is 2.34. The molecule has 68 valence electrons. The molecule has 0 fully saturated rings. The molecule has 1 nitrogen and oxygen atoms in total. The Bertz CT molecular complexity index is 450. The molecule has 0 spiro atoms. The van der Waals surface area contributed by atoms with Crippen molar-refractivity contribution in [2.75, 3.05) is 7.11 Å². The summed E-state index contributed by atoms with van der Waals surface area (Å²) in [7, 11) is 1.51. The van der Waals surface area contributed by atoms with Gasteiger partial charge in [0.05, 0.1) is 16.7 Å². The second-order valence-corrected chi connectivity index (χ2v) is 3.94. The third kappa shape index (κ3) is 1.30. The van der Waals surface area contributed by atoms with Gasteiger partial charge in [0, 0.05) is 0 Å². The fraction of sp³-hybridized carbons (Fsp3) is 0.111. The maximum Gasteiger partial charge on any atom is 0.158 e. The van der Waals surface area contributed by atoms with Gasteiger partial charge >= 0.3 is 0 Å². The minimum Gasteiger partial charge on any atom is -0.495 e. The van der Waals surface area contributed by atoms with E-state index in [1.807, 2.05) is 11.4 Å². The highest BCUT2D eigenvalue weighted by Gasteiger charge is 2.11. The van der Waals surface area contributed by atoms with Crippen molar-refractivity contribution in [2.24, 2.45) is 0 Å². The molecule has 0 saturated carbocycles. The van der Waals surface area contributed by atoms with Crippen molar-refractivity contribution in [3.05, 3.63) is 23.3 Å². The summed E-state index contributed by atoms with van der Waals surface area (Å²) in [5.74, 6) is 0.180. The Morgan fingerprint density at radius 1 is 1.54 bits per heavy atom. The van der Waals surface area contributed by atoms with E-state index in [-0.39, 0.29) is 10.7 Å². The Hall–Kier alpha value is -0.740. The molecule has 0 aliphatic carbocycles. The molecular weight excluding hydrogens is 207 g/mol. The highest BCUT2D eigenvalue weighted by atomic mass is 32.1. The van der Waals surface area contributed by atoms with Crippen LogP contribution >= 0.6 is 24.0 Å². The van der Waals surface area contributed by atoms with Crippen molar-refractivity contribution in [2.45, 2.75) is 4.90 Å². The number of thiol groups is 1. The van der Waals surface area contributed by atoms with E-state index in [2.05, 4.69) is 12.6 Å². The molecule has 0 aliphatic rings. The molecule has 0 N–H and O–H groups in total. The van der Waals surface area contributed by atoms with Crippen molar-refractivity contribution in [3.8, 4) is 5.75 Å². The Morgan fingerprint density at radius 3 is 3.00 bits per heavy atom. The molecule has 1 heterocycles. The van der Waals surface area contributed by atoms with Crippen molar-refractivity contribution < 1.29 is 9.13 Å². The van der Waals surface area contributed by atoms with Gasteiger partial charge < -0.3 is 4.74 Å². The predicted octanol–water partition coefficient (Wildman–Crippen LogP) is 3.34. The van der Waals surface area contributed by atoms with E-state index in [1.54, 1.807) is 6.07 Å². The minimum atomic E-state index is -0.298. The summed E-state index contributed by atoms with van der Waals surface area (Å²) in [6.45, 7) is 0. The first-order valence-electron chi connectivity index (χ1n) is 3.66. The fourth-order valence-electron chi connectivity index (χ4n) is 1.19.